The van der Waals surface area contributed by atoms with Gasteiger partial charge < -0.3 is 20.5 Å². The lowest BCUT2D eigenvalue weighted by molar-refractivity contribution is -0.148. The predicted molar refractivity (Wildman–Crippen MR) is 131 cm³/mol. The van der Waals surface area contributed by atoms with Crippen LogP contribution >= 0.6 is 0 Å². The van der Waals surface area contributed by atoms with Crippen molar-refractivity contribution in [2.24, 2.45) is 5.41 Å². The minimum absolute atomic E-state index is 0.0562. The summed E-state index contributed by atoms with van der Waals surface area (Å²) in [6, 6.07) is 16.3. The zero-order valence-electron chi connectivity index (χ0n) is 19.8. The van der Waals surface area contributed by atoms with Gasteiger partial charge >= 0.3 is 12.1 Å². The number of carbonyl (C=O) groups is 3. The second-order valence-electron chi connectivity index (χ2n) is 10.2. The molecule has 0 aromatic heterocycles. The van der Waals surface area contributed by atoms with Crippen molar-refractivity contribution in [1.29, 1.82) is 0 Å². The molecule has 2 aromatic rings. The summed E-state index contributed by atoms with van der Waals surface area (Å²) in [6.45, 7) is 0.273. The number of amides is 2. The van der Waals surface area contributed by atoms with Crippen LogP contribution in [0.25, 0.3) is 11.1 Å². The molecule has 2 aromatic carbocycles. The maximum absolute atomic E-state index is 13.2. The maximum atomic E-state index is 13.2. The van der Waals surface area contributed by atoms with Gasteiger partial charge in [0.25, 0.3) is 0 Å². The van der Waals surface area contributed by atoms with E-state index in [0.29, 0.717) is 25.7 Å². The summed E-state index contributed by atoms with van der Waals surface area (Å²) >= 11 is 0. The minimum Gasteiger partial charge on any atom is -0.481 e. The number of carbonyl (C=O) groups excluding carboxylic acids is 2. The van der Waals surface area contributed by atoms with Crippen LogP contribution < -0.4 is 10.6 Å². The van der Waals surface area contributed by atoms with Crippen molar-refractivity contribution < 1.29 is 24.2 Å². The number of ether oxygens (including phenoxy) is 1. The van der Waals surface area contributed by atoms with E-state index >= 15 is 0 Å². The Balaban J connectivity index is 1.24. The molecule has 0 aliphatic heterocycles. The second-order valence-corrected chi connectivity index (χ2v) is 10.2. The largest absolute Gasteiger partial charge is 0.481 e. The van der Waals surface area contributed by atoms with Crippen molar-refractivity contribution in [3.8, 4) is 11.1 Å². The first-order chi connectivity index (χ1) is 16.9. The molecule has 184 valence electrons. The van der Waals surface area contributed by atoms with Crippen LogP contribution in [0, 0.1) is 5.41 Å². The van der Waals surface area contributed by atoms with Crippen molar-refractivity contribution in [2.75, 3.05) is 13.2 Å². The predicted octanol–water partition coefficient (Wildman–Crippen LogP) is 4.60. The lowest BCUT2D eigenvalue weighted by Gasteiger charge is -2.31. The van der Waals surface area contributed by atoms with Crippen LogP contribution in [-0.2, 0) is 14.3 Å². The molecule has 0 unspecified atom stereocenters. The van der Waals surface area contributed by atoms with Gasteiger partial charge in [-0.1, -0.05) is 74.2 Å². The number of alkyl carbamates (subject to hydrolysis) is 1. The molecule has 0 radical (unpaired) electrons. The van der Waals surface area contributed by atoms with E-state index in [9.17, 15) is 19.5 Å². The van der Waals surface area contributed by atoms with Gasteiger partial charge in [-0.3, -0.25) is 9.59 Å². The molecule has 0 saturated heterocycles. The average molecular weight is 477 g/mol. The molecule has 0 atom stereocenters. The number of fused-ring (bicyclic) bond motifs is 3. The maximum Gasteiger partial charge on any atom is 0.408 e. The zero-order chi connectivity index (χ0) is 24.5. The number of hydrogen-bond acceptors (Lipinski definition) is 4. The minimum atomic E-state index is -1.05. The fraction of sp³-hybridized carbons (Fsp3) is 0.464. The third kappa shape index (κ3) is 4.28. The quantitative estimate of drug-likeness (QED) is 0.542. The van der Waals surface area contributed by atoms with E-state index in [-0.39, 0.29) is 25.0 Å². The van der Waals surface area contributed by atoms with Crippen molar-refractivity contribution in [3.63, 3.8) is 0 Å². The third-order valence-electron chi connectivity index (χ3n) is 8.18. The lowest BCUT2D eigenvalue weighted by atomic mass is 9.85. The highest BCUT2D eigenvalue weighted by Crippen LogP contribution is 2.44. The molecule has 3 aliphatic carbocycles. The molecule has 0 bridgehead atoms. The number of rotatable bonds is 7. The van der Waals surface area contributed by atoms with Crippen LogP contribution in [0.3, 0.4) is 0 Å². The highest BCUT2D eigenvalue weighted by atomic mass is 16.5. The number of benzene rings is 2. The van der Waals surface area contributed by atoms with Gasteiger partial charge in [-0.25, -0.2) is 4.79 Å². The first-order valence-corrected chi connectivity index (χ1v) is 12.6. The van der Waals surface area contributed by atoms with Gasteiger partial charge in [-0.15, -0.1) is 0 Å². The zero-order valence-corrected chi connectivity index (χ0v) is 19.8. The topological polar surface area (TPSA) is 105 Å². The molecule has 7 nitrogen and oxygen atoms in total. The lowest BCUT2D eigenvalue weighted by Crippen LogP contribution is -2.58. The Kier molecular flexibility index (Phi) is 6.26. The molecule has 0 heterocycles. The Bertz CT molecular complexity index is 1090. The van der Waals surface area contributed by atoms with Crippen LogP contribution in [-0.4, -0.2) is 41.8 Å². The third-order valence-corrected chi connectivity index (χ3v) is 8.18. The van der Waals surface area contributed by atoms with Crippen molar-refractivity contribution >= 4 is 18.0 Å². The highest BCUT2D eigenvalue weighted by molar-refractivity contribution is 5.91. The van der Waals surface area contributed by atoms with E-state index in [0.717, 1.165) is 47.9 Å². The summed E-state index contributed by atoms with van der Waals surface area (Å²) in [6.07, 6.45) is 4.90. The summed E-state index contributed by atoms with van der Waals surface area (Å²) in [7, 11) is 0. The number of nitrogens with one attached hydrogen (secondary N) is 2. The molecular formula is C28H32N2O5. The Morgan fingerprint density at radius 1 is 0.857 bits per heavy atom. The molecule has 3 N–H and O–H groups in total. The first-order valence-electron chi connectivity index (χ1n) is 12.6. The molecule has 3 aliphatic rings. The van der Waals surface area contributed by atoms with Crippen LogP contribution in [0.1, 0.15) is 68.4 Å². The first kappa shape index (κ1) is 23.4. The Morgan fingerprint density at radius 3 is 1.97 bits per heavy atom. The molecule has 35 heavy (non-hydrogen) atoms. The van der Waals surface area contributed by atoms with Crippen molar-refractivity contribution in [1.82, 2.24) is 10.6 Å². The van der Waals surface area contributed by atoms with Crippen LogP contribution in [0.2, 0.25) is 0 Å². The summed E-state index contributed by atoms with van der Waals surface area (Å²) in [5, 5.41) is 15.5. The summed E-state index contributed by atoms with van der Waals surface area (Å²) in [4.78, 5) is 38.0. The van der Waals surface area contributed by atoms with E-state index in [4.69, 9.17) is 4.74 Å². The molecule has 7 heteroatoms. The van der Waals surface area contributed by atoms with Crippen molar-refractivity contribution in [3.05, 3.63) is 59.7 Å². The molecule has 2 amide bonds. The molecule has 2 fully saturated rings. The smallest absolute Gasteiger partial charge is 0.408 e. The monoisotopic (exact) mass is 476 g/mol. The van der Waals surface area contributed by atoms with Crippen LogP contribution in [0.5, 0.6) is 0 Å². The van der Waals surface area contributed by atoms with Gasteiger partial charge in [0.1, 0.15) is 12.1 Å². The van der Waals surface area contributed by atoms with Gasteiger partial charge in [0.05, 0.1) is 5.41 Å². The van der Waals surface area contributed by atoms with Gasteiger partial charge in [0, 0.05) is 12.5 Å². The standard InChI is InChI=1S/C28H32N2O5/c31-24(29-18-27(25(32)33)13-5-6-14-27)28(15-7-8-16-28)30-26(34)35-17-23-21-11-3-1-9-19(21)20-10-2-4-12-22(20)23/h1-4,9-12,23H,5-8,13-18H2,(H,29,31)(H,30,34)(H,32,33). The van der Waals surface area contributed by atoms with Crippen molar-refractivity contribution in [2.45, 2.75) is 62.8 Å². The van der Waals surface area contributed by atoms with Gasteiger partial charge in [-0.05, 0) is 47.9 Å². The summed E-state index contributed by atoms with van der Waals surface area (Å²) < 4.78 is 5.69. The second kappa shape index (κ2) is 9.36. The molecule has 0 spiro atoms. The van der Waals surface area contributed by atoms with E-state index in [1.807, 2.05) is 24.3 Å². The number of carboxylic acid groups (broad SMARTS) is 1. The van der Waals surface area contributed by atoms with Gasteiger partial charge in [0.15, 0.2) is 0 Å². The van der Waals surface area contributed by atoms with Crippen LogP contribution in [0.4, 0.5) is 4.79 Å². The summed E-state index contributed by atoms with van der Waals surface area (Å²) in [5.74, 6) is -1.23. The number of carboxylic acids is 1. The van der Waals surface area contributed by atoms with Gasteiger partial charge in [-0.2, -0.15) is 0 Å². The SMILES string of the molecule is O=C(NC1(C(=O)NCC2(C(=O)O)CCCC2)CCCC1)OCC1c2ccccc2-c2ccccc21. The normalized spacial score (nSPS) is 19.5. The number of hydrogen-bond donors (Lipinski definition) is 3. The molecule has 5 rings (SSSR count). The fourth-order valence-electron chi connectivity index (χ4n) is 6.15. The van der Waals surface area contributed by atoms with E-state index in [1.54, 1.807) is 0 Å². The van der Waals surface area contributed by atoms with E-state index in [2.05, 4.69) is 34.9 Å². The fourth-order valence-corrected chi connectivity index (χ4v) is 6.15. The van der Waals surface area contributed by atoms with E-state index < -0.39 is 23.0 Å². The molecule has 2 saturated carbocycles. The van der Waals surface area contributed by atoms with Crippen LogP contribution in [0.15, 0.2) is 48.5 Å². The summed E-state index contributed by atoms with van der Waals surface area (Å²) in [5.41, 5.74) is 2.61. The Labute approximate surface area is 205 Å². The average Bonchev–Trinajstić information content (AvgIpc) is 3.60. The number of aliphatic carboxylic acids is 1. The highest BCUT2D eigenvalue weighted by Gasteiger charge is 2.46. The van der Waals surface area contributed by atoms with Gasteiger partial charge in [0.2, 0.25) is 5.91 Å². The Hall–Kier alpha value is -3.35. The molecular weight excluding hydrogens is 444 g/mol. The Morgan fingerprint density at radius 2 is 1.40 bits per heavy atom. The van der Waals surface area contributed by atoms with E-state index in [1.165, 1.54) is 0 Å².